The molecule has 0 spiro atoms. The van der Waals surface area contributed by atoms with Gasteiger partial charge < -0.3 is 20.2 Å². The number of ether oxygens (including phenoxy) is 2. The highest BCUT2D eigenvalue weighted by Gasteiger charge is 2.22. The first kappa shape index (κ1) is 27.3. The zero-order valence-electron chi connectivity index (χ0n) is 19.7. The van der Waals surface area contributed by atoms with Gasteiger partial charge >= 0.3 is 5.97 Å². The van der Waals surface area contributed by atoms with E-state index in [0.29, 0.717) is 23.3 Å². The molecule has 0 aliphatic carbocycles. The van der Waals surface area contributed by atoms with E-state index in [2.05, 4.69) is 44.1 Å². The number of pyridine rings is 1. The summed E-state index contributed by atoms with van der Waals surface area (Å²) < 4.78 is 11.0. The van der Waals surface area contributed by atoms with Crippen LogP contribution in [0.5, 0.6) is 5.75 Å². The van der Waals surface area contributed by atoms with E-state index in [4.69, 9.17) is 9.47 Å². The number of esters is 1. The summed E-state index contributed by atoms with van der Waals surface area (Å²) in [6.45, 7) is 8.55. The van der Waals surface area contributed by atoms with Gasteiger partial charge in [0, 0.05) is 11.5 Å². The zero-order valence-corrected chi connectivity index (χ0v) is 20.6. The molecular formula is C25H34N2O4S. The van der Waals surface area contributed by atoms with Crippen molar-refractivity contribution in [1.29, 1.82) is 0 Å². The number of aromatic nitrogens is 1. The second-order valence-electron chi connectivity index (χ2n) is 7.69. The van der Waals surface area contributed by atoms with Crippen molar-refractivity contribution in [2.45, 2.75) is 39.7 Å². The molecule has 0 aliphatic rings. The maximum Gasteiger partial charge on any atom is 0.354 e. The van der Waals surface area contributed by atoms with Gasteiger partial charge in [0.25, 0.3) is 0 Å². The second kappa shape index (κ2) is 12.9. The van der Waals surface area contributed by atoms with Crippen LogP contribution in [-0.2, 0) is 16.8 Å². The van der Waals surface area contributed by atoms with Gasteiger partial charge in [-0.15, -0.1) is 0 Å². The smallest absolute Gasteiger partial charge is 0.354 e. The Balaban J connectivity index is 0.00000121. The monoisotopic (exact) mass is 458 g/mol. The highest BCUT2D eigenvalue weighted by atomic mass is 32.1. The van der Waals surface area contributed by atoms with Crippen molar-refractivity contribution in [1.82, 2.24) is 4.98 Å². The maximum absolute atomic E-state index is 12.7. The van der Waals surface area contributed by atoms with Crippen molar-refractivity contribution >= 4 is 29.5 Å². The van der Waals surface area contributed by atoms with Crippen molar-refractivity contribution < 1.29 is 14.3 Å². The van der Waals surface area contributed by atoms with Crippen LogP contribution in [0.25, 0.3) is 10.9 Å². The molecule has 0 amide bonds. The minimum Gasteiger partial charge on any atom is -0.489 e. The molecule has 0 aliphatic heterocycles. The molecule has 0 saturated carbocycles. The molecule has 32 heavy (non-hydrogen) atoms. The molecule has 6 nitrogen and oxygen atoms in total. The summed E-state index contributed by atoms with van der Waals surface area (Å²) in [6.07, 6.45) is 1.69. The normalized spacial score (nSPS) is 10.4. The third-order valence-electron chi connectivity index (χ3n) is 4.46. The van der Waals surface area contributed by atoms with Crippen LogP contribution in [0.2, 0.25) is 0 Å². The number of thiol groups is 1. The topological polar surface area (TPSA) is 94.4 Å². The maximum atomic E-state index is 12.7. The fraction of sp³-hybridized carbons (Fsp3) is 0.360. The molecule has 3 rings (SSSR count). The number of nitrogens with two attached hydrogens (primary N) is 1. The predicted molar refractivity (Wildman–Crippen MR) is 135 cm³/mol. The van der Waals surface area contributed by atoms with Gasteiger partial charge in [0.15, 0.2) is 5.43 Å². The third kappa shape index (κ3) is 7.14. The average molecular weight is 459 g/mol. The largest absolute Gasteiger partial charge is 0.489 e. The fourth-order valence-electron chi connectivity index (χ4n) is 3.06. The van der Waals surface area contributed by atoms with Crippen LogP contribution >= 0.6 is 12.6 Å². The van der Waals surface area contributed by atoms with Crippen molar-refractivity contribution in [3.8, 4) is 5.75 Å². The van der Waals surface area contributed by atoms with Crippen LogP contribution in [0.4, 0.5) is 0 Å². The van der Waals surface area contributed by atoms with Gasteiger partial charge in [-0.25, -0.2) is 4.79 Å². The fourth-order valence-corrected chi connectivity index (χ4v) is 3.06. The number of nitrogens with one attached hydrogen (secondary N) is 1. The highest BCUT2D eigenvalue weighted by Crippen LogP contribution is 2.32. The summed E-state index contributed by atoms with van der Waals surface area (Å²) >= 11 is 3.53. The van der Waals surface area contributed by atoms with E-state index in [9.17, 15) is 9.59 Å². The average Bonchev–Trinajstić information content (AvgIpc) is 2.80. The summed E-state index contributed by atoms with van der Waals surface area (Å²) in [5.74, 6) is 0.0847. The van der Waals surface area contributed by atoms with Crippen LogP contribution in [0.1, 0.15) is 49.3 Å². The molecule has 0 fully saturated rings. The van der Waals surface area contributed by atoms with Crippen LogP contribution < -0.4 is 15.9 Å². The molecule has 0 atom stereocenters. The number of benzene rings is 2. The lowest BCUT2D eigenvalue weighted by atomic mass is 9.85. The van der Waals surface area contributed by atoms with Gasteiger partial charge in [-0.3, -0.25) is 4.79 Å². The second-order valence-corrected chi connectivity index (χ2v) is 7.69. The van der Waals surface area contributed by atoms with E-state index in [-0.39, 0.29) is 23.1 Å². The van der Waals surface area contributed by atoms with Gasteiger partial charge in [-0.2, -0.15) is 12.6 Å². The standard InChI is InChI=1S/C23H25NO4.CH5N.CH4S/c1-5-27-22(26)19-13-20(25)17-11-16(28-14-15-9-7-6-8-10-15)12-18(21(17)24-19)23(2,3)4;2*1-2/h6-13H,5,14H2,1-4H3,(H,24,25);2H2,1H3;2H,1H3. The first-order chi connectivity index (χ1) is 15.3. The molecule has 0 radical (unpaired) electrons. The number of carbonyl (C=O) groups excluding carboxylic acids is 1. The molecule has 7 heteroatoms. The van der Waals surface area contributed by atoms with E-state index in [1.165, 1.54) is 13.1 Å². The SMILES string of the molecule is CCOC(=O)c1cc(=O)c2cc(OCc3ccccc3)cc(C(C)(C)C)c2[nH]1.CN.CS. The Hall–Kier alpha value is -2.77. The molecule has 1 aromatic heterocycles. The number of H-pyrrole nitrogens is 1. The molecule has 3 aromatic rings. The Morgan fingerprint density at radius 2 is 1.69 bits per heavy atom. The van der Waals surface area contributed by atoms with Gasteiger partial charge in [0.2, 0.25) is 0 Å². The molecule has 0 bridgehead atoms. The number of hydrogen-bond acceptors (Lipinski definition) is 6. The Kier molecular flexibility index (Phi) is 11.0. The minimum atomic E-state index is -0.536. The molecule has 0 saturated heterocycles. The third-order valence-corrected chi connectivity index (χ3v) is 4.46. The number of fused-ring (bicyclic) bond motifs is 1. The molecule has 174 valence electrons. The summed E-state index contributed by atoms with van der Waals surface area (Å²) in [7, 11) is 1.50. The van der Waals surface area contributed by atoms with Gasteiger partial charge in [0.05, 0.1) is 12.1 Å². The van der Waals surface area contributed by atoms with E-state index in [1.807, 2.05) is 36.4 Å². The highest BCUT2D eigenvalue weighted by molar-refractivity contribution is 7.79. The summed E-state index contributed by atoms with van der Waals surface area (Å²) in [6, 6.07) is 14.8. The van der Waals surface area contributed by atoms with E-state index in [0.717, 1.165) is 11.1 Å². The predicted octanol–water partition coefficient (Wildman–Crippen LogP) is 4.70. The van der Waals surface area contributed by atoms with Crippen LogP contribution in [0, 0.1) is 0 Å². The molecule has 2 aromatic carbocycles. The van der Waals surface area contributed by atoms with Crippen LogP contribution in [0.3, 0.4) is 0 Å². The van der Waals surface area contributed by atoms with Crippen molar-refractivity contribution in [3.05, 3.63) is 75.6 Å². The quantitative estimate of drug-likeness (QED) is 0.380. The Bertz CT molecular complexity index is 1060. The molecule has 0 unspecified atom stereocenters. The molecule has 1 heterocycles. The lowest BCUT2D eigenvalue weighted by molar-refractivity contribution is 0.0520. The van der Waals surface area contributed by atoms with Gasteiger partial charge in [-0.1, -0.05) is 51.1 Å². The minimum absolute atomic E-state index is 0.155. The number of rotatable bonds is 5. The van der Waals surface area contributed by atoms with Crippen molar-refractivity contribution in [3.63, 3.8) is 0 Å². The van der Waals surface area contributed by atoms with Crippen molar-refractivity contribution in [2.24, 2.45) is 5.73 Å². The Morgan fingerprint density at radius 3 is 2.25 bits per heavy atom. The first-order valence-electron chi connectivity index (χ1n) is 10.4. The summed E-state index contributed by atoms with van der Waals surface area (Å²) in [5, 5.41) is 0.489. The summed E-state index contributed by atoms with van der Waals surface area (Å²) in [5.41, 5.74) is 6.73. The van der Waals surface area contributed by atoms with Crippen LogP contribution in [-0.4, -0.2) is 30.9 Å². The number of aromatic amines is 1. The number of hydrogen-bond donors (Lipinski definition) is 3. The lowest BCUT2D eigenvalue weighted by Crippen LogP contribution is -2.18. The van der Waals surface area contributed by atoms with Gasteiger partial charge in [-0.05, 0) is 48.9 Å². The van der Waals surface area contributed by atoms with Gasteiger partial charge in [0.1, 0.15) is 18.1 Å². The van der Waals surface area contributed by atoms with Crippen LogP contribution in [0.15, 0.2) is 53.3 Å². The zero-order chi connectivity index (χ0) is 24.3. The molecular weight excluding hydrogens is 424 g/mol. The summed E-state index contributed by atoms with van der Waals surface area (Å²) in [4.78, 5) is 27.9. The van der Waals surface area contributed by atoms with E-state index >= 15 is 0 Å². The van der Waals surface area contributed by atoms with E-state index in [1.54, 1.807) is 19.2 Å². The Labute approximate surface area is 195 Å². The molecule has 3 N–H and O–H groups in total. The Morgan fingerprint density at radius 1 is 1.06 bits per heavy atom. The first-order valence-corrected chi connectivity index (χ1v) is 11.3. The number of carbonyl (C=O) groups is 1. The van der Waals surface area contributed by atoms with E-state index < -0.39 is 5.97 Å². The lowest BCUT2D eigenvalue weighted by Gasteiger charge is -2.22. The van der Waals surface area contributed by atoms with Crippen molar-refractivity contribution in [2.75, 3.05) is 19.9 Å².